The predicted molar refractivity (Wildman–Crippen MR) is 106 cm³/mol. The summed E-state index contributed by atoms with van der Waals surface area (Å²) in [5, 5.41) is 5.47. The van der Waals surface area contributed by atoms with Crippen LogP contribution in [0.4, 0.5) is 0 Å². The van der Waals surface area contributed by atoms with E-state index in [4.69, 9.17) is 4.98 Å². The molecule has 144 valence electrons. The van der Waals surface area contributed by atoms with Crippen molar-refractivity contribution in [3.05, 3.63) is 23.5 Å². The number of amides is 1. The average Bonchev–Trinajstić information content (AvgIpc) is 3.45. The molecule has 27 heavy (non-hydrogen) atoms. The highest BCUT2D eigenvalue weighted by atomic mass is 16.2. The zero-order valence-electron chi connectivity index (χ0n) is 16.5. The van der Waals surface area contributed by atoms with Gasteiger partial charge in [-0.25, -0.2) is 9.67 Å². The fraction of sp³-hybridized carbons (Fsp3) is 0.682. The van der Waals surface area contributed by atoms with Crippen molar-refractivity contribution in [2.75, 3.05) is 13.1 Å². The van der Waals surface area contributed by atoms with Gasteiger partial charge in [0.05, 0.1) is 17.1 Å². The van der Waals surface area contributed by atoms with E-state index in [0.717, 1.165) is 41.3 Å². The van der Waals surface area contributed by atoms with E-state index in [1.54, 1.807) is 0 Å². The van der Waals surface area contributed by atoms with E-state index in [2.05, 4.69) is 29.9 Å². The number of nitrogens with zero attached hydrogens (tertiary/aromatic N) is 4. The summed E-state index contributed by atoms with van der Waals surface area (Å²) < 4.78 is 1.96. The standard InChI is InChI=1S/C22H30N4O/c1-14(2)26-21-19(12-23-26)18(11-20(24-21)16-7-8-16)22(27)25-10-9-15-5-3-4-6-17(15)13-25/h11-12,14-17H,3-10,13H2,1-2H3/t15-,17+/m0/s1. The Morgan fingerprint density at radius 1 is 1.11 bits per heavy atom. The van der Waals surface area contributed by atoms with Crippen LogP contribution in [-0.2, 0) is 0 Å². The number of hydrogen-bond donors (Lipinski definition) is 0. The van der Waals surface area contributed by atoms with Gasteiger partial charge in [0.25, 0.3) is 5.91 Å². The summed E-state index contributed by atoms with van der Waals surface area (Å²) in [5.74, 6) is 2.26. The Kier molecular flexibility index (Phi) is 4.21. The highest BCUT2D eigenvalue weighted by Crippen LogP contribution is 2.41. The fourth-order valence-corrected chi connectivity index (χ4v) is 5.14. The molecule has 0 unspecified atom stereocenters. The maximum atomic E-state index is 13.5. The van der Waals surface area contributed by atoms with E-state index >= 15 is 0 Å². The summed E-state index contributed by atoms with van der Waals surface area (Å²) in [4.78, 5) is 20.5. The van der Waals surface area contributed by atoms with Gasteiger partial charge in [0, 0.05) is 30.7 Å². The van der Waals surface area contributed by atoms with Crippen molar-refractivity contribution in [1.29, 1.82) is 0 Å². The van der Waals surface area contributed by atoms with Crippen LogP contribution in [0.3, 0.4) is 0 Å². The Balaban J connectivity index is 1.50. The monoisotopic (exact) mass is 366 g/mol. The van der Waals surface area contributed by atoms with E-state index in [1.807, 2.05) is 10.9 Å². The summed E-state index contributed by atoms with van der Waals surface area (Å²) in [6, 6.07) is 2.31. The quantitative estimate of drug-likeness (QED) is 0.801. The van der Waals surface area contributed by atoms with Gasteiger partial charge in [-0.05, 0) is 57.4 Å². The summed E-state index contributed by atoms with van der Waals surface area (Å²) in [7, 11) is 0. The van der Waals surface area contributed by atoms with Crippen LogP contribution < -0.4 is 0 Å². The molecule has 2 aliphatic carbocycles. The molecule has 1 saturated heterocycles. The molecule has 2 aromatic heterocycles. The largest absolute Gasteiger partial charge is 0.338 e. The Morgan fingerprint density at radius 3 is 2.63 bits per heavy atom. The highest BCUT2D eigenvalue weighted by Gasteiger charge is 2.35. The second-order valence-corrected chi connectivity index (χ2v) is 9.13. The lowest BCUT2D eigenvalue weighted by molar-refractivity contribution is 0.0522. The number of pyridine rings is 1. The Hall–Kier alpha value is -1.91. The van der Waals surface area contributed by atoms with Gasteiger partial charge in [-0.2, -0.15) is 5.10 Å². The maximum Gasteiger partial charge on any atom is 0.254 e. The average molecular weight is 367 g/mol. The Morgan fingerprint density at radius 2 is 1.89 bits per heavy atom. The van der Waals surface area contributed by atoms with Crippen LogP contribution in [0, 0.1) is 11.8 Å². The van der Waals surface area contributed by atoms with Gasteiger partial charge in [0.15, 0.2) is 5.65 Å². The van der Waals surface area contributed by atoms with Crippen molar-refractivity contribution >= 4 is 16.9 Å². The van der Waals surface area contributed by atoms with Crippen molar-refractivity contribution in [2.45, 2.75) is 70.8 Å². The number of fused-ring (bicyclic) bond motifs is 2. The Labute approximate surface area is 161 Å². The number of rotatable bonds is 3. The lowest BCUT2D eigenvalue weighted by Crippen LogP contribution is -2.44. The maximum absolute atomic E-state index is 13.5. The van der Waals surface area contributed by atoms with Gasteiger partial charge in [-0.3, -0.25) is 4.79 Å². The SMILES string of the molecule is CC(C)n1ncc2c(C(=O)N3CC[C@@H]4CCCC[C@@H]4C3)cc(C3CC3)nc21. The predicted octanol–water partition coefficient (Wildman–Crippen LogP) is 4.54. The second-order valence-electron chi connectivity index (χ2n) is 9.13. The van der Waals surface area contributed by atoms with Crippen LogP contribution in [0.2, 0.25) is 0 Å². The topological polar surface area (TPSA) is 51.0 Å². The van der Waals surface area contributed by atoms with Crippen LogP contribution in [0.5, 0.6) is 0 Å². The summed E-state index contributed by atoms with van der Waals surface area (Å²) in [6.07, 6.45) is 10.8. The third-order valence-corrected chi connectivity index (χ3v) is 6.88. The number of likely N-dealkylation sites (tertiary alicyclic amines) is 1. The smallest absolute Gasteiger partial charge is 0.254 e. The molecule has 5 rings (SSSR count). The summed E-state index contributed by atoms with van der Waals surface area (Å²) >= 11 is 0. The van der Waals surface area contributed by atoms with E-state index in [-0.39, 0.29) is 11.9 Å². The molecule has 0 aromatic carbocycles. The highest BCUT2D eigenvalue weighted by molar-refractivity contribution is 6.05. The van der Waals surface area contributed by atoms with Gasteiger partial charge in [0.2, 0.25) is 0 Å². The first-order chi connectivity index (χ1) is 13.1. The van der Waals surface area contributed by atoms with Crippen molar-refractivity contribution in [1.82, 2.24) is 19.7 Å². The van der Waals surface area contributed by atoms with Crippen molar-refractivity contribution < 1.29 is 4.79 Å². The molecular formula is C22H30N4O. The molecule has 0 radical (unpaired) electrons. The lowest BCUT2D eigenvalue weighted by atomic mass is 9.75. The fourth-order valence-electron chi connectivity index (χ4n) is 5.14. The number of aromatic nitrogens is 3. The molecule has 2 aromatic rings. The van der Waals surface area contributed by atoms with E-state index in [9.17, 15) is 4.79 Å². The number of carbonyl (C=O) groups is 1. The third kappa shape index (κ3) is 3.05. The molecule has 3 heterocycles. The molecular weight excluding hydrogens is 336 g/mol. The van der Waals surface area contributed by atoms with Gasteiger partial charge >= 0.3 is 0 Å². The lowest BCUT2D eigenvalue weighted by Gasteiger charge is -2.41. The first-order valence-corrected chi connectivity index (χ1v) is 10.8. The van der Waals surface area contributed by atoms with Crippen LogP contribution in [-0.4, -0.2) is 38.7 Å². The third-order valence-electron chi connectivity index (χ3n) is 6.88. The first-order valence-electron chi connectivity index (χ1n) is 10.8. The minimum absolute atomic E-state index is 0.191. The summed E-state index contributed by atoms with van der Waals surface area (Å²) in [5.41, 5.74) is 2.79. The van der Waals surface area contributed by atoms with Crippen LogP contribution in [0.25, 0.3) is 11.0 Å². The zero-order chi connectivity index (χ0) is 18.5. The first kappa shape index (κ1) is 17.2. The van der Waals surface area contributed by atoms with Crippen LogP contribution in [0.1, 0.15) is 86.8 Å². The molecule has 0 spiro atoms. The molecule has 0 bridgehead atoms. The molecule has 0 N–H and O–H groups in total. The van der Waals surface area contributed by atoms with E-state index in [1.165, 1.54) is 44.9 Å². The minimum atomic E-state index is 0.191. The molecule has 2 saturated carbocycles. The van der Waals surface area contributed by atoms with Crippen molar-refractivity contribution in [2.24, 2.45) is 11.8 Å². The van der Waals surface area contributed by atoms with Crippen LogP contribution >= 0.6 is 0 Å². The molecule has 1 aliphatic heterocycles. The van der Waals surface area contributed by atoms with E-state index in [0.29, 0.717) is 11.8 Å². The molecule has 5 nitrogen and oxygen atoms in total. The van der Waals surface area contributed by atoms with Gasteiger partial charge in [-0.1, -0.05) is 19.3 Å². The molecule has 3 fully saturated rings. The Bertz CT molecular complexity index is 867. The van der Waals surface area contributed by atoms with Gasteiger partial charge < -0.3 is 4.90 Å². The van der Waals surface area contributed by atoms with E-state index < -0.39 is 0 Å². The summed E-state index contributed by atoms with van der Waals surface area (Å²) in [6.45, 7) is 6.08. The zero-order valence-corrected chi connectivity index (χ0v) is 16.5. The van der Waals surface area contributed by atoms with Crippen molar-refractivity contribution in [3.8, 4) is 0 Å². The number of piperidine rings is 1. The van der Waals surface area contributed by atoms with Gasteiger partial charge in [-0.15, -0.1) is 0 Å². The van der Waals surface area contributed by atoms with Crippen molar-refractivity contribution in [3.63, 3.8) is 0 Å². The number of hydrogen-bond acceptors (Lipinski definition) is 3. The molecule has 5 heteroatoms. The molecule has 1 amide bonds. The molecule has 3 aliphatic rings. The molecule has 2 atom stereocenters. The normalized spacial score (nSPS) is 25.8. The number of carbonyl (C=O) groups excluding carboxylic acids is 1. The van der Waals surface area contributed by atoms with Crippen LogP contribution in [0.15, 0.2) is 12.3 Å². The minimum Gasteiger partial charge on any atom is -0.338 e. The second kappa shape index (κ2) is 6.61. The van der Waals surface area contributed by atoms with Gasteiger partial charge in [0.1, 0.15) is 0 Å².